The first-order valence-corrected chi connectivity index (χ1v) is 11.8. The minimum atomic E-state index is -0.179. The number of carbonyl (C=O) groups is 2. The predicted octanol–water partition coefficient (Wildman–Crippen LogP) is 1.30. The third kappa shape index (κ3) is 6.69. The summed E-state index contributed by atoms with van der Waals surface area (Å²) < 4.78 is 12.1. The van der Waals surface area contributed by atoms with Crippen molar-refractivity contribution in [2.24, 2.45) is 0 Å². The molecule has 1 aromatic heterocycles. The van der Waals surface area contributed by atoms with Crippen molar-refractivity contribution >= 4 is 22.7 Å². The van der Waals surface area contributed by atoms with Gasteiger partial charge in [-0.15, -0.1) is 0 Å². The van der Waals surface area contributed by atoms with Crippen molar-refractivity contribution in [3.63, 3.8) is 0 Å². The zero-order chi connectivity index (χ0) is 24.5. The molecular formula is C24H35N5O5. The van der Waals surface area contributed by atoms with Gasteiger partial charge in [0.15, 0.2) is 11.5 Å². The minimum Gasteiger partial charge on any atom is -0.493 e. The lowest BCUT2D eigenvalue weighted by Crippen LogP contribution is -2.47. The maximum absolute atomic E-state index is 12.8. The number of fused-ring (bicyclic) bond motifs is 1. The van der Waals surface area contributed by atoms with E-state index in [1.807, 2.05) is 6.92 Å². The van der Waals surface area contributed by atoms with Gasteiger partial charge in [-0.25, -0.2) is 4.98 Å². The second kappa shape index (κ2) is 12.4. The zero-order valence-corrected chi connectivity index (χ0v) is 20.3. The second-order valence-electron chi connectivity index (χ2n) is 8.54. The van der Waals surface area contributed by atoms with E-state index in [1.165, 1.54) is 25.1 Å². The summed E-state index contributed by atoms with van der Waals surface area (Å²) >= 11 is 0. The first-order chi connectivity index (χ1) is 16.4. The lowest BCUT2D eigenvalue weighted by Gasteiger charge is -2.31. The van der Waals surface area contributed by atoms with Gasteiger partial charge in [0.05, 0.1) is 38.0 Å². The molecule has 0 unspecified atom stereocenters. The largest absolute Gasteiger partial charge is 0.493 e. The van der Waals surface area contributed by atoms with E-state index in [0.29, 0.717) is 54.9 Å². The van der Waals surface area contributed by atoms with Crippen molar-refractivity contribution in [3.8, 4) is 11.5 Å². The fraction of sp³-hybridized carbons (Fsp3) is 0.583. The second-order valence-corrected chi connectivity index (χ2v) is 8.54. The van der Waals surface area contributed by atoms with Crippen molar-refractivity contribution in [1.29, 1.82) is 0 Å². The molecule has 1 aliphatic heterocycles. The summed E-state index contributed by atoms with van der Waals surface area (Å²) in [5, 5.41) is 6.42. The van der Waals surface area contributed by atoms with Gasteiger partial charge in [0.1, 0.15) is 0 Å². The molecule has 2 heterocycles. The van der Waals surface area contributed by atoms with Gasteiger partial charge in [-0.05, 0) is 31.7 Å². The van der Waals surface area contributed by atoms with Crippen LogP contribution in [0, 0.1) is 0 Å². The van der Waals surface area contributed by atoms with Crippen LogP contribution in [0.1, 0.15) is 39.0 Å². The van der Waals surface area contributed by atoms with Gasteiger partial charge in [0, 0.05) is 44.7 Å². The fourth-order valence-electron chi connectivity index (χ4n) is 4.11. The van der Waals surface area contributed by atoms with Crippen molar-refractivity contribution in [2.45, 2.75) is 51.6 Å². The van der Waals surface area contributed by atoms with Gasteiger partial charge in [-0.2, -0.15) is 0 Å². The number of benzene rings is 1. The average Bonchev–Trinajstić information content (AvgIpc) is 2.84. The van der Waals surface area contributed by atoms with E-state index in [4.69, 9.17) is 9.47 Å². The Labute approximate surface area is 199 Å². The van der Waals surface area contributed by atoms with Crippen LogP contribution < -0.4 is 25.7 Å². The quantitative estimate of drug-likeness (QED) is 0.506. The van der Waals surface area contributed by atoms with Gasteiger partial charge in [-0.3, -0.25) is 23.9 Å². The van der Waals surface area contributed by atoms with Crippen molar-refractivity contribution in [3.05, 3.63) is 28.8 Å². The van der Waals surface area contributed by atoms with Crippen LogP contribution >= 0.6 is 0 Å². The van der Waals surface area contributed by atoms with E-state index in [0.717, 1.165) is 32.4 Å². The van der Waals surface area contributed by atoms with Crippen LogP contribution in [0.5, 0.6) is 11.5 Å². The van der Waals surface area contributed by atoms with Gasteiger partial charge < -0.3 is 20.1 Å². The minimum absolute atomic E-state index is 0.0210. The van der Waals surface area contributed by atoms with Crippen LogP contribution in [0.4, 0.5) is 0 Å². The molecule has 2 aromatic rings. The molecule has 0 saturated carbocycles. The summed E-state index contributed by atoms with van der Waals surface area (Å²) in [6, 6.07) is 3.43. The smallest absolute Gasteiger partial charge is 0.261 e. The lowest BCUT2D eigenvalue weighted by molar-refractivity contribution is -0.124. The highest BCUT2D eigenvalue weighted by Crippen LogP contribution is 2.29. The van der Waals surface area contributed by atoms with Gasteiger partial charge in [0.25, 0.3) is 5.56 Å². The molecule has 1 aliphatic rings. The number of piperidine rings is 1. The maximum Gasteiger partial charge on any atom is 0.261 e. The van der Waals surface area contributed by atoms with E-state index in [-0.39, 0.29) is 23.4 Å². The molecule has 1 saturated heterocycles. The number of hydrogen-bond acceptors (Lipinski definition) is 7. The van der Waals surface area contributed by atoms with E-state index >= 15 is 0 Å². The van der Waals surface area contributed by atoms with E-state index in [1.54, 1.807) is 12.1 Å². The third-order valence-corrected chi connectivity index (χ3v) is 6.02. The third-order valence-electron chi connectivity index (χ3n) is 6.02. The summed E-state index contributed by atoms with van der Waals surface area (Å²) in [6.45, 7) is 5.12. The van der Waals surface area contributed by atoms with Crippen molar-refractivity contribution in [2.75, 3.05) is 40.4 Å². The molecule has 2 N–H and O–H groups in total. The molecule has 1 aromatic carbocycles. The molecule has 2 amide bonds. The first kappa shape index (κ1) is 25.5. The Morgan fingerprint density at radius 1 is 1.12 bits per heavy atom. The number of aromatic nitrogens is 2. The van der Waals surface area contributed by atoms with Crippen LogP contribution in [-0.2, 0) is 16.1 Å². The monoisotopic (exact) mass is 473 g/mol. The molecule has 0 bridgehead atoms. The van der Waals surface area contributed by atoms with Crippen LogP contribution in [0.15, 0.2) is 23.3 Å². The van der Waals surface area contributed by atoms with E-state index < -0.39 is 0 Å². The number of carbonyl (C=O) groups excluding carboxylic acids is 2. The fourth-order valence-corrected chi connectivity index (χ4v) is 4.11. The molecular weight excluding hydrogens is 438 g/mol. The number of methoxy groups -OCH3 is 2. The van der Waals surface area contributed by atoms with Crippen molar-refractivity contribution in [1.82, 2.24) is 25.1 Å². The summed E-state index contributed by atoms with van der Waals surface area (Å²) in [4.78, 5) is 43.6. The predicted molar refractivity (Wildman–Crippen MR) is 129 cm³/mol. The molecule has 0 radical (unpaired) electrons. The molecule has 0 spiro atoms. The van der Waals surface area contributed by atoms with E-state index in [2.05, 4.69) is 20.5 Å². The highest BCUT2D eigenvalue weighted by atomic mass is 16.5. The lowest BCUT2D eigenvalue weighted by atomic mass is 10.0. The molecule has 3 rings (SSSR count). The maximum atomic E-state index is 12.8. The number of aryl methyl sites for hydroxylation is 1. The van der Waals surface area contributed by atoms with Crippen LogP contribution in [-0.4, -0.2) is 72.7 Å². The highest BCUT2D eigenvalue weighted by molar-refractivity contribution is 5.81. The standard InChI is InChI=1S/C24H35N5O5/c1-4-9-25-23(31)15-28-11-7-17(8-12-28)27-22(30)6-5-10-29-16-26-19-14-21(34-3)20(33-2)13-18(19)24(29)32/h13-14,16-17H,4-12,15H2,1-3H3,(H,25,31)(H,27,30). The Morgan fingerprint density at radius 3 is 2.50 bits per heavy atom. The summed E-state index contributed by atoms with van der Waals surface area (Å²) in [5.41, 5.74) is 0.354. The van der Waals surface area contributed by atoms with Crippen LogP contribution in [0.2, 0.25) is 0 Å². The normalized spacial score (nSPS) is 14.7. The number of ether oxygens (including phenoxy) is 2. The number of rotatable bonds is 11. The van der Waals surface area contributed by atoms with Crippen LogP contribution in [0.3, 0.4) is 0 Å². The molecule has 10 heteroatoms. The Morgan fingerprint density at radius 2 is 1.82 bits per heavy atom. The van der Waals surface area contributed by atoms with Gasteiger partial charge in [0.2, 0.25) is 11.8 Å². The highest BCUT2D eigenvalue weighted by Gasteiger charge is 2.22. The molecule has 1 fully saturated rings. The summed E-state index contributed by atoms with van der Waals surface area (Å²) in [6.07, 6.45) is 4.94. The first-order valence-electron chi connectivity index (χ1n) is 11.8. The Kier molecular flexibility index (Phi) is 9.26. The number of hydrogen-bond donors (Lipinski definition) is 2. The zero-order valence-electron chi connectivity index (χ0n) is 20.3. The number of likely N-dealkylation sites (tertiary alicyclic amines) is 1. The molecule has 10 nitrogen and oxygen atoms in total. The Bertz CT molecular complexity index is 1050. The van der Waals surface area contributed by atoms with E-state index in [9.17, 15) is 14.4 Å². The number of nitrogens with zero attached hydrogens (tertiary/aromatic N) is 3. The Hall–Kier alpha value is -3.14. The molecule has 0 aliphatic carbocycles. The molecule has 0 atom stereocenters. The van der Waals surface area contributed by atoms with Gasteiger partial charge in [-0.1, -0.05) is 6.92 Å². The SMILES string of the molecule is CCCNC(=O)CN1CCC(NC(=O)CCCn2cnc3cc(OC)c(OC)cc3c2=O)CC1. The van der Waals surface area contributed by atoms with Crippen LogP contribution in [0.25, 0.3) is 10.9 Å². The summed E-state index contributed by atoms with van der Waals surface area (Å²) in [5.74, 6) is 1.02. The number of nitrogens with one attached hydrogen (secondary N) is 2. The molecule has 186 valence electrons. The van der Waals surface area contributed by atoms with Gasteiger partial charge >= 0.3 is 0 Å². The Balaban J connectivity index is 1.45. The number of amides is 2. The topological polar surface area (TPSA) is 115 Å². The molecule has 34 heavy (non-hydrogen) atoms. The average molecular weight is 474 g/mol. The summed E-state index contributed by atoms with van der Waals surface area (Å²) in [7, 11) is 3.05. The van der Waals surface area contributed by atoms with Crippen molar-refractivity contribution < 1.29 is 19.1 Å².